The highest BCUT2D eigenvalue weighted by atomic mass is 16.5. The van der Waals surface area contributed by atoms with Gasteiger partial charge in [0, 0.05) is 27.1 Å². The number of benzene rings is 2. The van der Waals surface area contributed by atoms with Crippen LogP contribution >= 0.6 is 0 Å². The summed E-state index contributed by atoms with van der Waals surface area (Å²) in [6.07, 6.45) is 2.02. The van der Waals surface area contributed by atoms with Crippen LogP contribution in [0.3, 0.4) is 0 Å². The van der Waals surface area contributed by atoms with Gasteiger partial charge < -0.3 is 9.47 Å². The SMILES string of the molecule is COC1Cc2ccccc2C(OC)Cc2ccccc21. The lowest BCUT2D eigenvalue weighted by Crippen LogP contribution is -2.17. The van der Waals surface area contributed by atoms with Crippen molar-refractivity contribution >= 4 is 0 Å². The largest absolute Gasteiger partial charge is 0.376 e. The van der Waals surface area contributed by atoms with Crippen molar-refractivity contribution in [1.82, 2.24) is 0 Å². The van der Waals surface area contributed by atoms with Gasteiger partial charge in [-0.15, -0.1) is 0 Å². The molecule has 0 radical (unpaired) electrons. The first-order valence-electron chi connectivity index (χ1n) is 7.04. The molecular formula is C18H20O2. The zero-order valence-corrected chi connectivity index (χ0v) is 12.0. The molecule has 2 atom stereocenters. The van der Waals surface area contributed by atoms with E-state index in [0.717, 1.165) is 12.8 Å². The van der Waals surface area contributed by atoms with Crippen LogP contribution in [0.2, 0.25) is 0 Å². The highest BCUT2D eigenvalue weighted by Gasteiger charge is 2.24. The average Bonchev–Trinajstić information content (AvgIpc) is 2.49. The number of ether oxygens (including phenoxy) is 2. The van der Waals surface area contributed by atoms with Gasteiger partial charge in [-0.05, 0) is 22.3 Å². The fourth-order valence-corrected chi connectivity index (χ4v) is 3.11. The Morgan fingerprint density at radius 2 is 1.10 bits per heavy atom. The van der Waals surface area contributed by atoms with Gasteiger partial charge in [0.2, 0.25) is 0 Å². The van der Waals surface area contributed by atoms with Gasteiger partial charge in [-0.1, -0.05) is 48.5 Å². The van der Waals surface area contributed by atoms with Crippen LogP contribution in [0.25, 0.3) is 0 Å². The lowest BCUT2D eigenvalue weighted by molar-refractivity contribution is 0.0846. The van der Waals surface area contributed by atoms with E-state index in [1.54, 1.807) is 14.2 Å². The lowest BCUT2D eigenvalue weighted by atomic mass is 9.86. The van der Waals surface area contributed by atoms with E-state index in [9.17, 15) is 0 Å². The number of fused-ring (bicyclic) bond motifs is 2. The van der Waals surface area contributed by atoms with Crippen molar-refractivity contribution in [2.45, 2.75) is 25.0 Å². The zero-order valence-electron chi connectivity index (χ0n) is 12.0. The molecule has 2 aromatic carbocycles. The lowest BCUT2D eigenvalue weighted by Gasteiger charge is -2.28. The molecule has 2 aromatic rings. The van der Waals surface area contributed by atoms with Crippen molar-refractivity contribution < 1.29 is 9.47 Å². The predicted molar refractivity (Wildman–Crippen MR) is 79.8 cm³/mol. The fourth-order valence-electron chi connectivity index (χ4n) is 3.11. The monoisotopic (exact) mass is 268 g/mol. The van der Waals surface area contributed by atoms with Gasteiger partial charge in [0.1, 0.15) is 0 Å². The molecule has 2 unspecified atom stereocenters. The minimum atomic E-state index is 0.116. The van der Waals surface area contributed by atoms with E-state index in [1.165, 1.54) is 22.3 Å². The van der Waals surface area contributed by atoms with Crippen molar-refractivity contribution in [2.75, 3.05) is 14.2 Å². The second kappa shape index (κ2) is 5.78. The molecule has 1 aliphatic rings. The molecule has 0 spiro atoms. The predicted octanol–water partition coefficient (Wildman–Crippen LogP) is 3.86. The Hall–Kier alpha value is -1.64. The molecule has 2 heteroatoms. The first-order valence-corrected chi connectivity index (χ1v) is 7.04. The molecule has 0 bridgehead atoms. The smallest absolute Gasteiger partial charge is 0.0864 e. The van der Waals surface area contributed by atoms with Crippen LogP contribution in [0.4, 0.5) is 0 Å². The van der Waals surface area contributed by atoms with Crippen molar-refractivity contribution in [3.05, 3.63) is 70.8 Å². The molecule has 0 heterocycles. The van der Waals surface area contributed by atoms with E-state index in [-0.39, 0.29) is 12.2 Å². The van der Waals surface area contributed by atoms with Crippen LogP contribution in [-0.2, 0) is 22.3 Å². The van der Waals surface area contributed by atoms with E-state index in [2.05, 4.69) is 48.5 Å². The summed E-state index contributed by atoms with van der Waals surface area (Å²) in [5.41, 5.74) is 5.21. The highest BCUT2D eigenvalue weighted by molar-refractivity contribution is 5.38. The second-order valence-electron chi connectivity index (χ2n) is 5.25. The summed E-state index contributed by atoms with van der Waals surface area (Å²) >= 11 is 0. The standard InChI is InChI=1S/C18H20O2/c1-19-17-11-13-7-4-6-10-16(13)18(20-2)12-14-8-3-5-9-15(14)17/h3-10,17-18H,11-12H2,1-2H3. The number of hydrogen-bond acceptors (Lipinski definition) is 2. The summed E-state index contributed by atoms with van der Waals surface area (Å²) in [5, 5.41) is 0. The third kappa shape index (κ3) is 2.37. The van der Waals surface area contributed by atoms with Gasteiger partial charge in [-0.25, -0.2) is 0 Å². The van der Waals surface area contributed by atoms with Gasteiger partial charge in [-0.2, -0.15) is 0 Å². The van der Waals surface area contributed by atoms with E-state index >= 15 is 0 Å². The van der Waals surface area contributed by atoms with Gasteiger partial charge in [-0.3, -0.25) is 0 Å². The molecular weight excluding hydrogens is 248 g/mol. The van der Waals surface area contributed by atoms with Crippen LogP contribution in [-0.4, -0.2) is 14.2 Å². The van der Waals surface area contributed by atoms with Crippen LogP contribution in [0.1, 0.15) is 34.5 Å². The number of methoxy groups -OCH3 is 2. The molecule has 0 aromatic heterocycles. The summed E-state index contributed by atoms with van der Waals surface area (Å²) in [4.78, 5) is 0. The van der Waals surface area contributed by atoms with Crippen LogP contribution < -0.4 is 0 Å². The molecule has 0 saturated heterocycles. The highest BCUT2D eigenvalue weighted by Crippen LogP contribution is 2.35. The molecule has 2 nitrogen and oxygen atoms in total. The maximum atomic E-state index is 5.74. The summed E-state index contributed by atoms with van der Waals surface area (Å²) in [5.74, 6) is 0. The molecule has 0 aliphatic heterocycles. The van der Waals surface area contributed by atoms with Crippen LogP contribution in [0.5, 0.6) is 0 Å². The Morgan fingerprint density at radius 1 is 0.700 bits per heavy atom. The Labute approximate surface area is 120 Å². The van der Waals surface area contributed by atoms with E-state index in [1.807, 2.05) is 0 Å². The molecule has 104 valence electrons. The molecule has 0 fully saturated rings. The minimum Gasteiger partial charge on any atom is -0.376 e. The summed E-state index contributed by atoms with van der Waals surface area (Å²) in [7, 11) is 3.58. The molecule has 3 rings (SSSR count). The maximum absolute atomic E-state index is 5.74. The van der Waals surface area contributed by atoms with Crippen molar-refractivity contribution in [3.8, 4) is 0 Å². The van der Waals surface area contributed by atoms with E-state index in [0.29, 0.717) is 0 Å². The second-order valence-corrected chi connectivity index (χ2v) is 5.25. The zero-order chi connectivity index (χ0) is 13.9. The number of rotatable bonds is 2. The Morgan fingerprint density at radius 3 is 1.50 bits per heavy atom. The van der Waals surface area contributed by atoms with E-state index in [4.69, 9.17) is 9.47 Å². The van der Waals surface area contributed by atoms with Gasteiger partial charge in [0.05, 0.1) is 12.2 Å². The number of hydrogen-bond donors (Lipinski definition) is 0. The van der Waals surface area contributed by atoms with Gasteiger partial charge in [0.25, 0.3) is 0 Å². The minimum absolute atomic E-state index is 0.116. The van der Waals surface area contributed by atoms with Crippen LogP contribution in [0.15, 0.2) is 48.5 Å². The summed E-state index contributed by atoms with van der Waals surface area (Å²) < 4.78 is 11.5. The van der Waals surface area contributed by atoms with Crippen molar-refractivity contribution in [1.29, 1.82) is 0 Å². The fraction of sp³-hybridized carbons (Fsp3) is 0.333. The normalized spacial score (nSPS) is 21.5. The third-order valence-corrected chi connectivity index (χ3v) is 4.18. The molecule has 1 aliphatic carbocycles. The first-order chi connectivity index (χ1) is 9.83. The quantitative estimate of drug-likeness (QED) is 0.823. The molecule has 0 N–H and O–H groups in total. The topological polar surface area (TPSA) is 18.5 Å². The van der Waals surface area contributed by atoms with Gasteiger partial charge >= 0.3 is 0 Å². The Bertz CT molecular complexity index is 538. The van der Waals surface area contributed by atoms with Crippen LogP contribution in [0, 0.1) is 0 Å². The Kier molecular flexibility index (Phi) is 3.86. The summed E-state index contributed by atoms with van der Waals surface area (Å²) in [6, 6.07) is 17.1. The van der Waals surface area contributed by atoms with Gasteiger partial charge in [0.15, 0.2) is 0 Å². The van der Waals surface area contributed by atoms with E-state index < -0.39 is 0 Å². The first kappa shape index (κ1) is 13.3. The Balaban J connectivity index is 2.10. The average molecular weight is 268 g/mol. The molecule has 20 heavy (non-hydrogen) atoms. The third-order valence-electron chi connectivity index (χ3n) is 4.18. The molecule has 0 saturated carbocycles. The van der Waals surface area contributed by atoms with Crippen molar-refractivity contribution in [2.24, 2.45) is 0 Å². The summed E-state index contributed by atoms with van der Waals surface area (Å²) in [6.45, 7) is 0. The maximum Gasteiger partial charge on any atom is 0.0864 e. The van der Waals surface area contributed by atoms with Crippen molar-refractivity contribution in [3.63, 3.8) is 0 Å². The molecule has 0 amide bonds.